The van der Waals surface area contributed by atoms with Crippen LogP contribution in [-0.2, 0) is 11.8 Å². The van der Waals surface area contributed by atoms with Crippen molar-refractivity contribution in [1.82, 2.24) is 0 Å². The Balaban J connectivity index is 2.44. The summed E-state index contributed by atoms with van der Waals surface area (Å²) in [6, 6.07) is 6.58. The van der Waals surface area contributed by atoms with Gasteiger partial charge in [-0.25, -0.2) is 0 Å². The summed E-state index contributed by atoms with van der Waals surface area (Å²) < 4.78 is 0. The first kappa shape index (κ1) is 7.99. The van der Waals surface area contributed by atoms with Crippen molar-refractivity contribution in [3.8, 4) is 0 Å². The Morgan fingerprint density at radius 2 is 2.33 bits per heavy atom. The van der Waals surface area contributed by atoms with E-state index in [1.807, 2.05) is 6.21 Å². The molecular formula is C10H10BrN. The summed E-state index contributed by atoms with van der Waals surface area (Å²) in [4.78, 5) is 4.25. The molecule has 1 aliphatic heterocycles. The van der Waals surface area contributed by atoms with Crippen LogP contribution in [0.4, 0.5) is 0 Å². The second-order valence-electron chi connectivity index (χ2n) is 2.95. The van der Waals surface area contributed by atoms with Crippen LogP contribution in [0, 0.1) is 0 Å². The number of rotatable bonds is 1. The van der Waals surface area contributed by atoms with Crippen LogP contribution in [0.15, 0.2) is 23.2 Å². The van der Waals surface area contributed by atoms with Crippen LogP contribution >= 0.6 is 15.9 Å². The van der Waals surface area contributed by atoms with Gasteiger partial charge in [0.15, 0.2) is 0 Å². The van der Waals surface area contributed by atoms with Gasteiger partial charge in [0, 0.05) is 18.1 Å². The molecular weight excluding hydrogens is 214 g/mol. The zero-order valence-corrected chi connectivity index (χ0v) is 8.34. The van der Waals surface area contributed by atoms with E-state index in [1.54, 1.807) is 0 Å². The highest BCUT2D eigenvalue weighted by Crippen LogP contribution is 2.15. The fraction of sp³-hybridized carbons (Fsp3) is 0.300. The fourth-order valence-electron chi connectivity index (χ4n) is 1.42. The summed E-state index contributed by atoms with van der Waals surface area (Å²) in [7, 11) is 0. The van der Waals surface area contributed by atoms with Crippen LogP contribution in [0.25, 0.3) is 0 Å². The summed E-state index contributed by atoms with van der Waals surface area (Å²) in [5.41, 5.74) is 4.04. The van der Waals surface area contributed by atoms with Crippen molar-refractivity contribution in [1.29, 1.82) is 0 Å². The van der Waals surface area contributed by atoms with Crippen LogP contribution in [0.2, 0.25) is 0 Å². The van der Waals surface area contributed by atoms with Gasteiger partial charge in [0.05, 0.1) is 0 Å². The smallest absolute Gasteiger partial charge is 0.0430 e. The van der Waals surface area contributed by atoms with Gasteiger partial charge in [0.1, 0.15) is 0 Å². The highest BCUT2D eigenvalue weighted by atomic mass is 79.9. The summed E-state index contributed by atoms with van der Waals surface area (Å²) in [5.74, 6) is 0. The average Bonchev–Trinajstić information content (AvgIpc) is 2.17. The van der Waals surface area contributed by atoms with Crippen molar-refractivity contribution in [2.45, 2.75) is 11.8 Å². The first-order chi connectivity index (χ1) is 5.90. The molecule has 1 nitrogen and oxygen atoms in total. The lowest BCUT2D eigenvalue weighted by molar-refractivity contribution is 0.951. The fourth-order valence-corrected chi connectivity index (χ4v) is 1.77. The van der Waals surface area contributed by atoms with E-state index in [4.69, 9.17) is 0 Å². The zero-order valence-electron chi connectivity index (χ0n) is 6.76. The molecule has 2 heteroatoms. The van der Waals surface area contributed by atoms with Crippen molar-refractivity contribution in [3.05, 3.63) is 34.9 Å². The Morgan fingerprint density at radius 3 is 3.17 bits per heavy atom. The van der Waals surface area contributed by atoms with E-state index in [2.05, 4.69) is 39.1 Å². The minimum absolute atomic E-state index is 0.925. The lowest BCUT2D eigenvalue weighted by Crippen LogP contribution is -2.02. The SMILES string of the molecule is BrCc1ccc2c(c1)C=NCC2. The highest BCUT2D eigenvalue weighted by molar-refractivity contribution is 9.08. The predicted molar refractivity (Wildman–Crippen MR) is 55.2 cm³/mol. The van der Waals surface area contributed by atoms with Crippen LogP contribution < -0.4 is 0 Å². The van der Waals surface area contributed by atoms with Crippen molar-refractivity contribution in [2.24, 2.45) is 4.99 Å². The van der Waals surface area contributed by atoms with Crippen LogP contribution in [0.1, 0.15) is 16.7 Å². The van der Waals surface area contributed by atoms with E-state index in [9.17, 15) is 0 Å². The molecule has 0 fully saturated rings. The van der Waals surface area contributed by atoms with Gasteiger partial charge in [0.25, 0.3) is 0 Å². The molecule has 2 rings (SSSR count). The van der Waals surface area contributed by atoms with Crippen molar-refractivity contribution < 1.29 is 0 Å². The molecule has 0 bridgehead atoms. The van der Waals surface area contributed by atoms with Crippen molar-refractivity contribution in [2.75, 3.05) is 6.54 Å². The molecule has 0 aliphatic carbocycles. The van der Waals surface area contributed by atoms with E-state index in [-0.39, 0.29) is 0 Å². The van der Waals surface area contributed by atoms with Gasteiger partial charge in [-0.15, -0.1) is 0 Å². The molecule has 1 aromatic rings. The largest absolute Gasteiger partial charge is 0.292 e. The molecule has 0 atom stereocenters. The normalized spacial score (nSPS) is 14.4. The average molecular weight is 224 g/mol. The van der Waals surface area contributed by atoms with Gasteiger partial charge in [-0.1, -0.05) is 28.1 Å². The summed E-state index contributed by atoms with van der Waals surface area (Å²) >= 11 is 3.44. The molecule has 1 aromatic carbocycles. The van der Waals surface area contributed by atoms with Gasteiger partial charge in [-0.05, 0) is 29.2 Å². The van der Waals surface area contributed by atoms with Gasteiger partial charge >= 0.3 is 0 Å². The molecule has 0 N–H and O–H groups in total. The topological polar surface area (TPSA) is 12.4 Å². The molecule has 0 spiro atoms. The predicted octanol–water partition coefficient (Wildman–Crippen LogP) is 2.56. The number of nitrogens with zero attached hydrogens (tertiary/aromatic N) is 1. The second-order valence-corrected chi connectivity index (χ2v) is 3.51. The number of fused-ring (bicyclic) bond motifs is 1. The summed E-state index contributed by atoms with van der Waals surface area (Å²) in [6.45, 7) is 0.945. The van der Waals surface area contributed by atoms with Crippen LogP contribution in [-0.4, -0.2) is 12.8 Å². The number of hydrogen-bond donors (Lipinski definition) is 0. The number of benzene rings is 1. The zero-order chi connectivity index (χ0) is 8.39. The van der Waals surface area contributed by atoms with Crippen molar-refractivity contribution >= 4 is 22.1 Å². The minimum atomic E-state index is 0.925. The van der Waals surface area contributed by atoms with Gasteiger partial charge < -0.3 is 0 Å². The molecule has 0 aromatic heterocycles. The maximum Gasteiger partial charge on any atom is 0.0430 e. The first-order valence-electron chi connectivity index (χ1n) is 4.08. The molecule has 0 radical (unpaired) electrons. The highest BCUT2D eigenvalue weighted by Gasteiger charge is 2.04. The van der Waals surface area contributed by atoms with Gasteiger partial charge in [-0.2, -0.15) is 0 Å². The Bertz CT molecular complexity index is 318. The molecule has 0 unspecified atom stereocenters. The van der Waals surface area contributed by atoms with E-state index in [0.717, 1.165) is 18.3 Å². The molecule has 0 amide bonds. The molecule has 0 saturated carbocycles. The Hall–Kier alpha value is -0.630. The molecule has 12 heavy (non-hydrogen) atoms. The third-order valence-electron chi connectivity index (χ3n) is 2.11. The number of halogens is 1. The molecule has 62 valence electrons. The second kappa shape index (κ2) is 3.40. The molecule has 1 heterocycles. The third-order valence-corrected chi connectivity index (χ3v) is 2.75. The monoisotopic (exact) mass is 223 g/mol. The number of hydrogen-bond acceptors (Lipinski definition) is 1. The standard InChI is InChI=1S/C10H10BrN/c11-6-8-1-2-9-3-4-12-7-10(9)5-8/h1-2,5,7H,3-4,6H2. The number of aliphatic imine (C=N–C) groups is 1. The maximum absolute atomic E-state index is 4.25. The third kappa shape index (κ3) is 1.44. The van der Waals surface area contributed by atoms with Crippen LogP contribution in [0.3, 0.4) is 0 Å². The summed E-state index contributed by atoms with van der Waals surface area (Å²) in [5, 5.41) is 0.925. The Labute approximate surface area is 80.6 Å². The van der Waals surface area contributed by atoms with Gasteiger partial charge in [-0.3, -0.25) is 4.99 Å². The Morgan fingerprint density at radius 1 is 1.42 bits per heavy atom. The van der Waals surface area contributed by atoms with Crippen LogP contribution in [0.5, 0.6) is 0 Å². The van der Waals surface area contributed by atoms with E-state index in [0.29, 0.717) is 0 Å². The lowest BCUT2D eigenvalue weighted by atomic mass is 10.0. The lowest BCUT2D eigenvalue weighted by Gasteiger charge is -2.10. The molecule has 0 saturated heterocycles. The van der Waals surface area contributed by atoms with Crippen molar-refractivity contribution in [3.63, 3.8) is 0 Å². The van der Waals surface area contributed by atoms with E-state index >= 15 is 0 Å². The number of alkyl halides is 1. The first-order valence-corrected chi connectivity index (χ1v) is 5.20. The maximum atomic E-state index is 4.25. The van der Waals surface area contributed by atoms with E-state index < -0.39 is 0 Å². The minimum Gasteiger partial charge on any atom is -0.292 e. The quantitative estimate of drug-likeness (QED) is 0.650. The van der Waals surface area contributed by atoms with Gasteiger partial charge in [0.2, 0.25) is 0 Å². The summed E-state index contributed by atoms with van der Waals surface area (Å²) in [6.07, 6.45) is 3.07. The Kier molecular flexibility index (Phi) is 2.26. The molecule has 1 aliphatic rings. The van der Waals surface area contributed by atoms with E-state index in [1.165, 1.54) is 16.7 Å².